The molecule has 0 spiro atoms. The Labute approximate surface area is 90.6 Å². The third kappa shape index (κ3) is 4.76. The Hall–Kier alpha value is -1.13. The molecule has 1 aliphatic rings. The third-order valence-electron chi connectivity index (χ3n) is 2.23. The van der Waals surface area contributed by atoms with E-state index in [2.05, 4.69) is 10.2 Å². The van der Waals surface area contributed by atoms with Crippen molar-refractivity contribution >= 4 is 6.41 Å². The molecule has 0 aromatic heterocycles. The second-order valence-corrected chi connectivity index (χ2v) is 3.37. The van der Waals surface area contributed by atoms with Crippen LogP contribution < -0.4 is 5.32 Å². The highest BCUT2D eigenvalue weighted by Gasteiger charge is 2.11. The van der Waals surface area contributed by atoms with E-state index in [1.165, 1.54) is 0 Å². The number of allylic oxidation sites excluding steroid dienone is 3. The first-order chi connectivity index (χ1) is 7.36. The fourth-order valence-electron chi connectivity index (χ4n) is 1.43. The maximum absolute atomic E-state index is 10.4. The topological polar surface area (TPSA) is 41.6 Å². The predicted octanol–water partition coefficient (Wildman–Crippen LogP) is 0.525. The first kappa shape index (κ1) is 11.9. The Balaban J connectivity index is 2.45. The third-order valence-corrected chi connectivity index (χ3v) is 2.23. The number of morpholine rings is 1. The fraction of sp³-hybridized carbons (Fsp3) is 0.545. The number of carbonyl (C=O) groups excluding carboxylic acids is 1. The van der Waals surface area contributed by atoms with Gasteiger partial charge in [-0.05, 0) is 13.0 Å². The molecule has 0 aromatic rings. The number of hydrogen-bond donors (Lipinski definition) is 1. The molecule has 0 bridgehead atoms. The van der Waals surface area contributed by atoms with Crippen molar-refractivity contribution in [3.63, 3.8) is 0 Å². The molecule has 84 valence electrons. The Morgan fingerprint density at radius 1 is 1.47 bits per heavy atom. The minimum absolute atomic E-state index is 0.718. The lowest BCUT2D eigenvalue weighted by molar-refractivity contribution is -0.109. The van der Waals surface area contributed by atoms with Gasteiger partial charge in [0.2, 0.25) is 6.41 Å². The Morgan fingerprint density at radius 3 is 2.80 bits per heavy atom. The monoisotopic (exact) mass is 210 g/mol. The van der Waals surface area contributed by atoms with Crippen LogP contribution in [0.3, 0.4) is 0 Å². The second kappa shape index (κ2) is 7.20. The molecule has 1 amide bonds. The highest BCUT2D eigenvalue weighted by Crippen LogP contribution is 2.00. The molecule has 1 saturated heterocycles. The van der Waals surface area contributed by atoms with Crippen LogP contribution in [0.2, 0.25) is 0 Å². The molecule has 1 fully saturated rings. The van der Waals surface area contributed by atoms with E-state index in [0.29, 0.717) is 0 Å². The van der Waals surface area contributed by atoms with E-state index < -0.39 is 0 Å². The van der Waals surface area contributed by atoms with Crippen LogP contribution in [0.5, 0.6) is 0 Å². The molecule has 0 aromatic carbocycles. The summed E-state index contributed by atoms with van der Waals surface area (Å²) in [7, 11) is 0. The quantitative estimate of drug-likeness (QED) is 0.531. The molecule has 0 aliphatic carbocycles. The lowest BCUT2D eigenvalue weighted by Crippen LogP contribution is -2.39. The number of rotatable bonds is 5. The first-order valence-electron chi connectivity index (χ1n) is 5.19. The van der Waals surface area contributed by atoms with Crippen molar-refractivity contribution in [2.75, 3.05) is 32.8 Å². The van der Waals surface area contributed by atoms with Crippen molar-refractivity contribution in [3.8, 4) is 0 Å². The van der Waals surface area contributed by atoms with Crippen LogP contribution in [0, 0.1) is 0 Å². The summed E-state index contributed by atoms with van der Waals surface area (Å²) in [4.78, 5) is 12.7. The SMILES string of the molecule is C/C=C\C=C(\CN1CCOCC1)NC=O. The van der Waals surface area contributed by atoms with Crippen molar-refractivity contribution in [2.45, 2.75) is 6.92 Å². The number of hydrogen-bond acceptors (Lipinski definition) is 3. The van der Waals surface area contributed by atoms with Gasteiger partial charge in [0.15, 0.2) is 0 Å². The molecular formula is C11H18N2O2. The Kier molecular flexibility index (Phi) is 5.73. The number of nitrogens with zero attached hydrogens (tertiary/aromatic N) is 1. The van der Waals surface area contributed by atoms with Gasteiger partial charge >= 0.3 is 0 Å². The lowest BCUT2D eigenvalue weighted by Gasteiger charge is -2.27. The predicted molar refractivity (Wildman–Crippen MR) is 59.4 cm³/mol. The van der Waals surface area contributed by atoms with Crippen molar-refractivity contribution in [1.29, 1.82) is 0 Å². The molecule has 0 atom stereocenters. The Bertz CT molecular complexity index is 243. The second-order valence-electron chi connectivity index (χ2n) is 3.37. The van der Waals surface area contributed by atoms with Crippen molar-refractivity contribution in [1.82, 2.24) is 10.2 Å². The summed E-state index contributed by atoms with van der Waals surface area (Å²) < 4.78 is 5.26. The van der Waals surface area contributed by atoms with E-state index in [9.17, 15) is 4.79 Å². The van der Waals surface area contributed by atoms with Crippen molar-refractivity contribution < 1.29 is 9.53 Å². The average Bonchev–Trinajstić information content (AvgIpc) is 2.28. The molecule has 0 unspecified atom stereocenters. The van der Waals surface area contributed by atoms with Crippen LogP contribution in [0.15, 0.2) is 23.9 Å². The largest absolute Gasteiger partial charge is 0.379 e. The van der Waals surface area contributed by atoms with Crippen LogP contribution in [0.1, 0.15) is 6.92 Å². The fourth-order valence-corrected chi connectivity index (χ4v) is 1.43. The maximum atomic E-state index is 10.4. The van der Waals surface area contributed by atoms with Gasteiger partial charge in [-0.2, -0.15) is 0 Å². The highest BCUT2D eigenvalue weighted by molar-refractivity contribution is 5.50. The molecule has 1 N–H and O–H groups in total. The van der Waals surface area contributed by atoms with Gasteiger partial charge in [0.25, 0.3) is 0 Å². The molecule has 15 heavy (non-hydrogen) atoms. The van der Waals surface area contributed by atoms with E-state index in [4.69, 9.17) is 4.74 Å². The molecule has 0 radical (unpaired) electrons. The smallest absolute Gasteiger partial charge is 0.211 e. The summed E-state index contributed by atoms with van der Waals surface area (Å²) in [6, 6.07) is 0. The van der Waals surface area contributed by atoms with Gasteiger partial charge in [-0.15, -0.1) is 0 Å². The number of amides is 1. The van der Waals surface area contributed by atoms with Crippen molar-refractivity contribution in [2.24, 2.45) is 0 Å². The van der Waals surface area contributed by atoms with E-state index in [-0.39, 0.29) is 0 Å². The Morgan fingerprint density at radius 2 is 2.20 bits per heavy atom. The zero-order valence-electron chi connectivity index (χ0n) is 9.11. The van der Waals surface area contributed by atoms with Gasteiger partial charge in [-0.3, -0.25) is 9.69 Å². The number of nitrogens with one attached hydrogen (secondary N) is 1. The van der Waals surface area contributed by atoms with Crippen LogP contribution in [-0.4, -0.2) is 44.2 Å². The van der Waals surface area contributed by atoms with Gasteiger partial charge < -0.3 is 10.1 Å². The van der Waals surface area contributed by atoms with Crippen molar-refractivity contribution in [3.05, 3.63) is 23.9 Å². The number of ether oxygens (including phenoxy) is 1. The van der Waals surface area contributed by atoms with E-state index >= 15 is 0 Å². The molecular weight excluding hydrogens is 192 g/mol. The van der Waals surface area contributed by atoms with E-state index in [1.807, 2.05) is 25.2 Å². The van der Waals surface area contributed by atoms with Gasteiger partial charge in [0, 0.05) is 25.3 Å². The summed E-state index contributed by atoms with van der Waals surface area (Å²) in [5.74, 6) is 0. The zero-order chi connectivity index (χ0) is 10.9. The summed E-state index contributed by atoms with van der Waals surface area (Å²) in [5.41, 5.74) is 0.921. The average molecular weight is 210 g/mol. The van der Waals surface area contributed by atoms with Crippen LogP contribution in [0.4, 0.5) is 0 Å². The van der Waals surface area contributed by atoms with Gasteiger partial charge in [-0.25, -0.2) is 0 Å². The molecule has 0 saturated carbocycles. The molecule has 4 heteroatoms. The highest BCUT2D eigenvalue weighted by atomic mass is 16.5. The maximum Gasteiger partial charge on any atom is 0.211 e. The van der Waals surface area contributed by atoms with Gasteiger partial charge in [-0.1, -0.05) is 12.2 Å². The van der Waals surface area contributed by atoms with Gasteiger partial charge in [0.1, 0.15) is 0 Å². The van der Waals surface area contributed by atoms with E-state index in [1.54, 1.807) is 0 Å². The lowest BCUT2D eigenvalue weighted by atomic mass is 10.3. The molecule has 1 rings (SSSR count). The van der Waals surface area contributed by atoms with Crippen LogP contribution >= 0.6 is 0 Å². The summed E-state index contributed by atoms with van der Waals surface area (Å²) in [6.45, 7) is 6.12. The standard InChI is InChI=1S/C11H18N2O2/c1-2-3-4-11(12-10-14)9-13-5-7-15-8-6-13/h2-4,10H,5-9H2,1H3,(H,12,14)/b3-2-,11-4-. The first-order valence-corrected chi connectivity index (χ1v) is 5.19. The van der Waals surface area contributed by atoms with Gasteiger partial charge in [0.05, 0.1) is 13.2 Å². The minimum atomic E-state index is 0.718. The minimum Gasteiger partial charge on any atom is -0.379 e. The number of carbonyl (C=O) groups is 1. The molecule has 4 nitrogen and oxygen atoms in total. The van der Waals surface area contributed by atoms with Crippen LogP contribution in [0.25, 0.3) is 0 Å². The van der Waals surface area contributed by atoms with E-state index in [0.717, 1.165) is 45.0 Å². The summed E-state index contributed by atoms with van der Waals surface area (Å²) >= 11 is 0. The normalized spacial score (nSPS) is 19.4. The molecule has 1 heterocycles. The molecule has 1 aliphatic heterocycles. The van der Waals surface area contributed by atoms with Crippen LogP contribution in [-0.2, 0) is 9.53 Å². The summed E-state index contributed by atoms with van der Waals surface area (Å²) in [6.07, 6.45) is 6.50. The zero-order valence-corrected chi connectivity index (χ0v) is 9.11. The summed E-state index contributed by atoms with van der Waals surface area (Å²) in [5, 5.41) is 2.71.